The van der Waals surface area contributed by atoms with Crippen LogP contribution in [0.1, 0.15) is 5.56 Å². The lowest BCUT2D eigenvalue weighted by Gasteiger charge is -2.15. The summed E-state index contributed by atoms with van der Waals surface area (Å²) in [6.45, 7) is 1.38. The maximum atomic E-state index is 15.0. The van der Waals surface area contributed by atoms with Gasteiger partial charge in [-0.25, -0.2) is 18.3 Å². The van der Waals surface area contributed by atoms with Crippen molar-refractivity contribution in [1.29, 1.82) is 0 Å². The molecule has 1 atom stereocenters. The fourth-order valence-corrected chi connectivity index (χ4v) is 3.65. The number of hydrazine groups is 1. The molecule has 0 spiro atoms. The third-order valence-electron chi connectivity index (χ3n) is 5.35. The van der Waals surface area contributed by atoms with Gasteiger partial charge < -0.3 is 21.2 Å². The summed E-state index contributed by atoms with van der Waals surface area (Å²) in [7, 11) is 0. The van der Waals surface area contributed by atoms with E-state index in [-0.39, 0.29) is 17.8 Å². The molecule has 1 unspecified atom stereocenters. The lowest BCUT2D eigenvalue weighted by Crippen LogP contribution is -2.30. The number of carbonyl (C=O) groups is 1. The van der Waals surface area contributed by atoms with Gasteiger partial charge in [0.25, 0.3) is 0 Å². The minimum Gasteiger partial charge on any atom is -0.442 e. The molecule has 1 saturated heterocycles. The van der Waals surface area contributed by atoms with E-state index in [1.54, 1.807) is 30.5 Å². The van der Waals surface area contributed by atoms with Crippen molar-refractivity contribution < 1.29 is 18.3 Å². The Kier molecular flexibility index (Phi) is 6.99. The monoisotopic (exact) mass is 470 g/mol. The third-order valence-corrected chi connectivity index (χ3v) is 5.35. The molecule has 1 aliphatic rings. The van der Waals surface area contributed by atoms with Crippen molar-refractivity contribution in [2.45, 2.75) is 19.2 Å². The molecule has 34 heavy (non-hydrogen) atoms. The molecule has 0 bridgehead atoms. The van der Waals surface area contributed by atoms with E-state index in [4.69, 9.17) is 16.3 Å². The number of hydrogen-bond donors (Lipinski definition) is 4. The van der Waals surface area contributed by atoms with Gasteiger partial charge in [0.1, 0.15) is 17.7 Å². The van der Waals surface area contributed by atoms with Gasteiger partial charge in [-0.15, -0.1) is 5.10 Å². The van der Waals surface area contributed by atoms with Crippen molar-refractivity contribution in [3.05, 3.63) is 77.9 Å². The molecule has 0 aliphatic carbocycles. The standard InChI is InChI=1S/C22H24F2N8O2/c23-19-7-17(32-13-18(34-22(32)33)12-31-6-5-28-30-31)8-20(24)21(19)15-3-1-14(2-4-15)10-27-11-16(9-25)29-26/h1-9,18,27,29H,10-13,25-26H2/b16-9-. The van der Waals surface area contributed by atoms with Crippen LogP contribution in [0.25, 0.3) is 11.1 Å². The maximum absolute atomic E-state index is 15.0. The van der Waals surface area contributed by atoms with Crippen molar-refractivity contribution in [1.82, 2.24) is 25.7 Å². The van der Waals surface area contributed by atoms with E-state index in [9.17, 15) is 13.6 Å². The summed E-state index contributed by atoms with van der Waals surface area (Å²) in [4.78, 5) is 13.5. The number of ether oxygens (including phenoxy) is 1. The van der Waals surface area contributed by atoms with Crippen LogP contribution in [-0.4, -0.2) is 40.3 Å². The first-order valence-electron chi connectivity index (χ1n) is 10.5. The molecule has 10 nitrogen and oxygen atoms in total. The topological polar surface area (TPSA) is 136 Å². The quantitative estimate of drug-likeness (QED) is 0.274. The van der Waals surface area contributed by atoms with Crippen LogP contribution in [0.15, 0.2) is 60.7 Å². The number of amides is 1. The van der Waals surface area contributed by atoms with Gasteiger partial charge in [0.15, 0.2) is 0 Å². The van der Waals surface area contributed by atoms with Crippen LogP contribution in [0.4, 0.5) is 19.3 Å². The molecule has 4 rings (SSSR count). The first kappa shape index (κ1) is 23.1. The summed E-state index contributed by atoms with van der Waals surface area (Å²) >= 11 is 0. The Bertz CT molecular complexity index is 1150. The summed E-state index contributed by atoms with van der Waals surface area (Å²) in [6.07, 6.45) is 3.32. The van der Waals surface area contributed by atoms with E-state index in [1.165, 1.54) is 22.0 Å². The molecule has 6 N–H and O–H groups in total. The zero-order chi connectivity index (χ0) is 24.1. The fourth-order valence-electron chi connectivity index (χ4n) is 3.65. The largest absolute Gasteiger partial charge is 0.442 e. The van der Waals surface area contributed by atoms with E-state index in [1.807, 2.05) is 0 Å². The van der Waals surface area contributed by atoms with E-state index in [0.717, 1.165) is 17.7 Å². The number of anilines is 1. The second-order valence-electron chi connectivity index (χ2n) is 7.66. The summed E-state index contributed by atoms with van der Waals surface area (Å²) in [5, 5.41) is 10.7. The van der Waals surface area contributed by atoms with Gasteiger partial charge in [0.05, 0.1) is 36.2 Å². The van der Waals surface area contributed by atoms with Crippen molar-refractivity contribution in [2.75, 3.05) is 18.0 Å². The fraction of sp³-hybridized carbons (Fsp3) is 0.227. The molecule has 0 radical (unpaired) electrons. The van der Waals surface area contributed by atoms with E-state index >= 15 is 0 Å². The number of carbonyl (C=O) groups excluding carboxylic acids is 1. The summed E-state index contributed by atoms with van der Waals surface area (Å²) in [5.41, 5.74) is 9.73. The number of nitrogens with zero attached hydrogens (tertiary/aromatic N) is 4. The Hall–Kier alpha value is -4.03. The van der Waals surface area contributed by atoms with Crippen LogP contribution >= 0.6 is 0 Å². The van der Waals surface area contributed by atoms with Crippen LogP contribution in [-0.2, 0) is 17.8 Å². The molecule has 1 fully saturated rings. The molecular weight excluding hydrogens is 446 g/mol. The average molecular weight is 470 g/mol. The number of hydrogen-bond acceptors (Lipinski definition) is 8. The number of rotatable bonds is 9. The first-order chi connectivity index (χ1) is 16.5. The molecule has 1 aliphatic heterocycles. The van der Waals surface area contributed by atoms with E-state index in [2.05, 4.69) is 21.1 Å². The van der Waals surface area contributed by atoms with Crippen LogP contribution in [0.2, 0.25) is 0 Å². The third kappa shape index (κ3) is 5.13. The zero-order valence-corrected chi connectivity index (χ0v) is 18.1. The second-order valence-corrected chi connectivity index (χ2v) is 7.66. The molecular formula is C22H24F2N8O2. The van der Waals surface area contributed by atoms with Crippen LogP contribution in [0.3, 0.4) is 0 Å². The SMILES string of the molecule is N/C=C(/CNCc1ccc(-c2c(F)cc(N3CC(Cn4ccnn4)OC3=O)cc2F)cc1)NN. The Morgan fingerprint density at radius 3 is 2.59 bits per heavy atom. The molecule has 178 valence electrons. The van der Waals surface area contributed by atoms with Crippen molar-refractivity contribution in [2.24, 2.45) is 11.6 Å². The number of aromatic nitrogens is 3. The van der Waals surface area contributed by atoms with Gasteiger partial charge in [0, 0.05) is 25.5 Å². The van der Waals surface area contributed by atoms with Gasteiger partial charge in [-0.1, -0.05) is 29.5 Å². The highest BCUT2D eigenvalue weighted by molar-refractivity contribution is 5.90. The molecule has 1 amide bonds. The average Bonchev–Trinajstić information content (AvgIpc) is 3.47. The minimum atomic E-state index is -0.778. The van der Waals surface area contributed by atoms with Crippen molar-refractivity contribution >= 4 is 11.8 Å². The van der Waals surface area contributed by atoms with Gasteiger partial charge in [-0.3, -0.25) is 10.7 Å². The predicted molar refractivity (Wildman–Crippen MR) is 121 cm³/mol. The lowest BCUT2D eigenvalue weighted by molar-refractivity contribution is 0.129. The van der Waals surface area contributed by atoms with Crippen LogP contribution in [0.5, 0.6) is 0 Å². The number of halogens is 2. The number of cyclic esters (lactones) is 1. The predicted octanol–water partition coefficient (Wildman–Crippen LogP) is 1.60. The Morgan fingerprint density at radius 2 is 1.97 bits per heavy atom. The van der Waals surface area contributed by atoms with Crippen molar-refractivity contribution in [3.8, 4) is 11.1 Å². The highest BCUT2D eigenvalue weighted by atomic mass is 19.1. The molecule has 2 aromatic carbocycles. The Morgan fingerprint density at radius 1 is 1.24 bits per heavy atom. The van der Waals surface area contributed by atoms with Crippen LogP contribution < -0.4 is 27.2 Å². The first-order valence-corrected chi connectivity index (χ1v) is 10.5. The summed E-state index contributed by atoms with van der Waals surface area (Å²) < 4.78 is 36.7. The minimum absolute atomic E-state index is 0.0861. The van der Waals surface area contributed by atoms with Crippen molar-refractivity contribution in [3.63, 3.8) is 0 Å². The summed E-state index contributed by atoms with van der Waals surface area (Å²) in [5.74, 6) is 3.77. The smallest absolute Gasteiger partial charge is 0.414 e. The molecule has 0 saturated carbocycles. The molecule has 2 heterocycles. The second kappa shape index (κ2) is 10.3. The molecule has 12 heteroatoms. The zero-order valence-electron chi connectivity index (χ0n) is 18.1. The number of benzene rings is 2. The Balaban J connectivity index is 1.45. The summed E-state index contributed by atoms with van der Waals surface area (Å²) in [6, 6.07) is 9.07. The molecule has 3 aromatic rings. The highest BCUT2D eigenvalue weighted by Crippen LogP contribution is 2.32. The number of nitrogens with two attached hydrogens (primary N) is 2. The Labute approximate surface area is 194 Å². The van der Waals surface area contributed by atoms with Gasteiger partial charge in [-0.05, 0) is 23.3 Å². The van der Waals surface area contributed by atoms with E-state index in [0.29, 0.717) is 30.9 Å². The molecule has 1 aromatic heterocycles. The highest BCUT2D eigenvalue weighted by Gasteiger charge is 2.33. The van der Waals surface area contributed by atoms with Gasteiger partial charge in [-0.2, -0.15) is 0 Å². The van der Waals surface area contributed by atoms with Crippen LogP contribution in [0, 0.1) is 11.6 Å². The van der Waals surface area contributed by atoms with E-state index < -0.39 is 23.8 Å². The number of nitrogens with one attached hydrogen (secondary N) is 2. The normalized spacial score (nSPS) is 16.1. The van der Waals surface area contributed by atoms with Gasteiger partial charge >= 0.3 is 6.09 Å². The maximum Gasteiger partial charge on any atom is 0.414 e. The lowest BCUT2D eigenvalue weighted by atomic mass is 10.0. The van der Waals surface area contributed by atoms with Gasteiger partial charge in [0.2, 0.25) is 0 Å².